The summed E-state index contributed by atoms with van der Waals surface area (Å²) in [5.74, 6) is 0.0648. The lowest BCUT2D eigenvalue weighted by atomic mass is 10.1. The molecule has 0 unspecified atom stereocenters. The molecule has 202 valence electrons. The molecule has 0 aliphatic carbocycles. The molecule has 3 aromatic rings. The van der Waals surface area contributed by atoms with E-state index < -0.39 is 23.6 Å². The van der Waals surface area contributed by atoms with Crippen LogP contribution < -0.4 is 19.5 Å². The van der Waals surface area contributed by atoms with E-state index in [1.807, 2.05) is 13.8 Å². The Morgan fingerprint density at radius 2 is 1.69 bits per heavy atom. The van der Waals surface area contributed by atoms with Gasteiger partial charge in [0.05, 0.1) is 18.1 Å². The summed E-state index contributed by atoms with van der Waals surface area (Å²) in [5.41, 5.74) is 1.53. The highest BCUT2D eigenvalue weighted by Crippen LogP contribution is 2.35. The Balaban J connectivity index is 1.42. The van der Waals surface area contributed by atoms with Crippen LogP contribution in [0.25, 0.3) is 6.08 Å². The fourth-order valence-electron chi connectivity index (χ4n) is 3.71. The number of rotatable bonds is 11. The van der Waals surface area contributed by atoms with Crippen molar-refractivity contribution in [3.8, 4) is 17.2 Å². The number of imide groups is 1. The molecule has 0 bridgehead atoms. The van der Waals surface area contributed by atoms with E-state index in [4.69, 9.17) is 14.2 Å². The summed E-state index contributed by atoms with van der Waals surface area (Å²) < 4.78 is 30.8. The number of ether oxygens (including phenoxy) is 3. The summed E-state index contributed by atoms with van der Waals surface area (Å²) in [5, 5.41) is 2.14. The first-order valence-corrected chi connectivity index (χ1v) is 13.1. The molecule has 39 heavy (non-hydrogen) atoms. The van der Waals surface area contributed by atoms with E-state index in [0.29, 0.717) is 47.3 Å². The van der Waals surface area contributed by atoms with Gasteiger partial charge in [-0.1, -0.05) is 24.3 Å². The lowest BCUT2D eigenvalue weighted by Gasteiger charge is -2.13. The molecule has 1 aliphatic heterocycles. The maximum Gasteiger partial charge on any atom is 0.294 e. The molecular formula is C29H27FN2O6S. The number of carbonyl (C=O) groups is 3. The van der Waals surface area contributed by atoms with E-state index in [0.717, 1.165) is 16.7 Å². The standard InChI is InChI=1S/C29H27FN2O6S/c1-3-36-22-12-10-21(11-13-22)31-27(33)17-32-28(34)26(39-29(32)35)16-19-9-14-24(25(15-19)37-4-2)38-18-20-7-5-6-8-23(20)30/h5-16H,3-4,17-18H2,1-2H3,(H,31,33)/b26-16+. The molecule has 0 aromatic heterocycles. The summed E-state index contributed by atoms with van der Waals surface area (Å²) in [6.07, 6.45) is 1.55. The van der Waals surface area contributed by atoms with Crippen molar-refractivity contribution >= 4 is 40.6 Å². The summed E-state index contributed by atoms with van der Waals surface area (Å²) in [7, 11) is 0. The third kappa shape index (κ3) is 7.17. The number of halogens is 1. The second kappa shape index (κ2) is 13.0. The molecule has 8 nitrogen and oxygen atoms in total. The molecule has 3 aromatic carbocycles. The SMILES string of the molecule is CCOc1ccc(NC(=O)CN2C(=O)S/C(=C/c3ccc(OCc4ccccc4F)c(OCC)c3)C2=O)cc1. The average Bonchev–Trinajstić information content (AvgIpc) is 3.17. The Morgan fingerprint density at radius 3 is 2.41 bits per heavy atom. The molecule has 1 aliphatic rings. The fourth-order valence-corrected chi connectivity index (χ4v) is 4.54. The zero-order valence-corrected chi connectivity index (χ0v) is 22.3. The second-order valence-electron chi connectivity index (χ2n) is 8.29. The van der Waals surface area contributed by atoms with Crippen LogP contribution in [0.4, 0.5) is 14.9 Å². The Labute approximate surface area is 229 Å². The normalized spacial score (nSPS) is 14.0. The molecule has 0 radical (unpaired) electrons. The minimum atomic E-state index is -0.565. The predicted molar refractivity (Wildman–Crippen MR) is 147 cm³/mol. The van der Waals surface area contributed by atoms with Crippen LogP contribution in [0.15, 0.2) is 71.6 Å². The maximum atomic E-state index is 13.9. The molecule has 0 atom stereocenters. The first-order valence-electron chi connectivity index (χ1n) is 12.3. The van der Waals surface area contributed by atoms with Gasteiger partial charge in [0.15, 0.2) is 11.5 Å². The number of nitrogens with one attached hydrogen (secondary N) is 1. The predicted octanol–water partition coefficient (Wildman–Crippen LogP) is 5.88. The number of hydrogen-bond acceptors (Lipinski definition) is 7. The lowest BCUT2D eigenvalue weighted by molar-refractivity contribution is -0.127. The van der Waals surface area contributed by atoms with E-state index in [2.05, 4.69) is 5.32 Å². The first-order chi connectivity index (χ1) is 18.9. The zero-order chi connectivity index (χ0) is 27.8. The van der Waals surface area contributed by atoms with Crippen LogP contribution in [0.3, 0.4) is 0 Å². The van der Waals surface area contributed by atoms with Gasteiger partial charge in [-0.3, -0.25) is 19.3 Å². The van der Waals surface area contributed by atoms with Gasteiger partial charge < -0.3 is 19.5 Å². The Kier molecular flexibility index (Phi) is 9.22. The number of hydrogen-bond donors (Lipinski definition) is 1. The van der Waals surface area contributed by atoms with Gasteiger partial charge >= 0.3 is 0 Å². The molecular weight excluding hydrogens is 523 g/mol. The number of thioether (sulfide) groups is 1. The van der Waals surface area contributed by atoms with Crippen LogP contribution in [0.5, 0.6) is 17.2 Å². The van der Waals surface area contributed by atoms with Crippen LogP contribution in [0, 0.1) is 5.82 Å². The Bertz CT molecular complexity index is 1390. The molecule has 4 rings (SSSR count). The van der Waals surface area contributed by atoms with Crippen LogP contribution in [0.2, 0.25) is 0 Å². The highest BCUT2D eigenvalue weighted by molar-refractivity contribution is 8.18. The van der Waals surface area contributed by atoms with Crippen molar-refractivity contribution in [3.63, 3.8) is 0 Å². The lowest BCUT2D eigenvalue weighted by Crippen LogP contribution is -2.36. The first kappa shape index (κ1) is 27.7. The number of carbonyl (C=O) groups excluding carboxylic acids is 3. The van der Waals surface area contributed by atoms with Crippen molar-refractivity contribution in [2.75, 3.05) is 25.1 Å². The van der Waals surface area contributed by atoms with Gasteiger partial charge in [-0.15, -0.1) is 0 Å². The number of benzene rings is 3. The van der Waals surface area contributed by atoms with E-state index in [1.165, 1.54) is 6.07 Å². The van der Waals surface area contributed by atoms with E-state index in [-0.39, 0.29) is 17.3 Å². The van der Waals surface area contributed by atoms with Crippen LogP contribution >= 0.6 is 11.8 Å². The van der Waals surface area contributed by atoms with Crippen LogP contribution in [-0.2, 0) is 16.2 Å². The van der Waals surface area contributed by atoms with Gasteiger partial charge in [-0.25, -0.2) is 4.39 Å². The van der Waals surface area contributed by atoms with E-state index in [1.54, 1.807) is 66.7 Å². The zero-order valence-electron chi connectivity index (χ0n) is 21.4. The minimum absolute atomic E-state index is 0.0176. The second-order valence-corrected chi connectivity index (χ2v) is 9.29. The maximum absolute atomic E-state index is 13.9. The minimum Gasteiger partial charge on any atom is -0.494 e. The third-order valence-corrected chi connectivity index (χ3v) is 6.44. The van der Waals surface area contributed by atoms with Crippen molar-refractivity contribution in [3.05, 3.63) is 88.6 Å². The van der Waals surface area contributed by atoms with Crippen molar-refractivity contribution < 1.29 is 33.0 Å². The third-order valence-electron chi connectivity index (χ3n) is 5.53. The number of nitrogens with zero attached hydrogens (tertiary/aromatic N) is 1. The molecule has 3 amide bonds. The number of amides is 3. The van der Waals surface area contributed by atoms with Gasteiger partial charge in [0, 0.05) is 11.3 Å². The van der Waals surface area contributed by atoms with Crippen molar-refractivity contribution in [1.29, 1.82) is 0 Å². The highest BCUT2D eigenvalue weighted by atomic mass is 32.2. The van der Waals surface area contributed by atoms with E-state index >= 15 is 0 Å². The largest absolute Gasteiger partial charge is 0.494 e. The fraction of sp³-hybridized carbons (Fsp3) is 0.207. The van der Waals surface area contributed by atoms with Gasteiger partial charge in [0.2, 0.25) is 5.91 Å². The molecule has 1 N–H and O–H groups in total. The van der Waals surface area contributed by atoms with Crippen molar-refractivity contribution in [2.45, 2.75) is 20.5 Å². The molecule has 1 saturated heterocycles. The molecule has 10 heteroatoms. The smallest absolute Gasteiger partial charge is 0.294 e. The molecule has 0 saturated carbocycles. The summed E-state index contributed by atoms with van der Waals surface area (Å²) in [6, 6.07) is 18.2. The molecule has 1 heterocycles. The quantitative estimate of drug-likeness (QED) is 0.298. The average molecular weight is 551 g/mol. The van der Waals surface area contributed by atoms with Gasteiger partial charge in [0.1, 0.15) is 24.7 Å². The van der Waals surface area contributed by atoms with Crippen molar-refractivity contribution in [1.82, 2.24) is 4.90 Å². The van der Waals surface area contributed by atoms with Gasteiger partial charge in [0.25, 0.3) is 11.1 Å². The van der Waals surface area contributed by atoms with Gasteiger partial charge in [-0.2, -0.15) is 0 Å². The molecule has 0 spiro atoms. The van der Waals surface area contributed by atoms with Gasteiger partial charge in [-0.05, 0) is 79.7 Å². The van der Waals surface area contributed by atoms with Crippen molar-refractivity contribution in [2.24, 2.45) is 0 Å². The Morgan fingerprint density at radius 1 is 0.949 bits per heavy atom. The summed E-state index contributed by atoms with van der Waals surface area (Å²) in [4.78, 5) is 39.0. The van der Waals surface area contributed by atoms with Crippen LogP contribution in [-0.4, -0.2) is 41.7 Å². The summed E-state index contributed by atoms with van der Waals surface area (Å²) >= 11 is 0.753. The highest BCUT2D eigenvalue weighted by Gasteiger charge is 2.36. The Hall–Kier alpha value is -4.31. The molecule has 1 fully saturated rings. The summed E-state index contributed by atoms with van der Waals surface area (Å²) in [6.45, 7) is 4.18. The topological polar surface area (TPSA) is 94.2 Å². The van der Waals surface area contributed by atoms with E-state index in [9.17, 15) is 18.8 Å². The van der Waals surface area contributed by atoms with Crippen LogP contribution in [0.1, 0.15) is 25.0 Å². The number of anilines is 1. The monoisotopic (exact) mass is 550 g/mol.